The van der Waals surface area contributed by atoms with Gasteiger partial charge in [-0.3, -0.25) is 4.89 Å². The Morgan fingerprint density at radius 3 is 1.32 bits per heavy atom. The van der Waals surface area contributed by atoms with Crippen LogP contribution >= 0.6 is 16.1 Å². The van der Waals surface area contributed by atoms with E-state index in [9.17, 15) is 4.89 Å². The van der Waals surface area contributed by atoms with Crippen LogP contribution in [-0.4, -0.2) is 33.2 Å². The van der Waals surface area contributed by atoms with Crippen LogP contribution in [0, 0.1) is 32.6 Å². The molecule has 5 aliphatic rings. The van der Waals surface area contributed by atoms with E-state index in [1.165, 1.54) is 61.9 Å². The number of rotatable bonds is 6. The zero-order valence-electron chi connectivity index (χ0n) is 26.2. The second-order valence-corrected chi connectivity index (χ2v) is 19.8. The summed E-state index contributed by atoms with van der Waals surface area (Å²) in [4.78, 5) is 10.8. The number of hydrogen-bond acceptors (Lipinski definition) is 1. The maximum Gasteiger partial charge on any atom is 2.00 e. The Hall–Kier alpha value is 1.44. The molecule has 227 valence electrons. The van der Waals surface area contributed by atoms with Gasteiger partial charge in [0, 0.05) is 13.8 Å². The maximum absolute atomic E-state index is 10.8. The first-order valence-electron chi connectivity index (χ1n) is 16.5. The molecule has 1 nitrogen and oxygen atoms in total. The molecule has 4 heteroatoms. The first-order valence-corrected chi connectivity index (χ1v) is 19.8. The van der Waals surface area contributed by atoms with Crippen molar-refractivity contribution in [2.75, 3.05) is 0 Å². The van der Waals surface area contributed by atoms with Gasteiger partial charge in [-0.1, -0.05) is 40.0 Å². The molecule has 5 aliphatic carbocycles. The van der Waals surface area contributed by atoms with Crippen LogP contribution in [0.1, 0.15) is 156 Å². The van der Waals surface area contributed by atoms with Gasteiger partial charge in [0.05, 0.1) is 28.3 Å². The van der Waals surface area contributed by atoms with Crippen LogP contribution in [0.2, 0.25) is 0 Å². The zero-order valence-corrected chi connectivity index (χ0v) is 29.9. The third-order valence-electron chi connectivity index (χ3n) is 11.2. The van der Waals surface area contributed by atoms with Gasteiger partial charge in [0.25, 0.3) is 0 Å². The van der Waals surface area contributed by atoms with Crippen molar-refractivity contribution in [1.82, 2.24) is 0 Å². The van der Waals surface area contributed by atoms with Gasteiger partial charge in [-0.25, -0.2) is 0 Å². The quantitative estimate of drug-likeness (QED) is 0.171. The summed E-state index contributed by atoms with van der Waals surface area (Å²) in [6.45, 7) is 7.10. The van der Waals surface area contributed by atoms with E-state index in [0.29, 0.717) is 5.66 Å². The zero-order chi connectivity index (χ0) is 24.6. The predicted octanol–water partition coefficient (Wildman–Crippen LogP) is 11.2. The van der Waals surface area contributed by atoms with Gasteiger partial charge < -0.3 is 14.9 Å². The average Bonchev–Trinajstić information content (AvgIpc) is 3.61. The smallest absolute Gasteiger partial charge is 0.358 e. The van der Waals surface area contributed by atoms with E-state index in [4.69, 9.17) is 0 Å². The van der Waals surface area contributed by atoms with Gasteiger partial charge in [0.15, 0.2) is 0 Å². The summed E-state index contributed by atoms with van der Waals surface area (Å²) >= 11 is 0. The minimum atomic E-state index is -1.09. The Labute approximate surface area is 256 Å². The summed E-state index contributed by atoms with van der Waals surface area (Å²) in [6, 6.07) is 0. The number of hydrogen-bond donors (Lipinski definition) is 1. The molecule has 0 bridgehead atoms. The third-order valence-corrected chi connectivity index (χ3v) is 18.6. The molecule has 4 atom stereocenters. The molecule has 0 saturated heterocycles. The molecule has 1 unspecified atom stereocenters. The fourth-order valence-corrected chi connectivity index (χ4v) is 17.7. The molecule has 0 aliphatic heterocycles. The Morgan fingerprint density at radius 1 is 0.553 bits per heavy atom. The van der Waals surface area contributed by atoms with E-state index in [0.717, 1.165) is 23.4 Å². The van der Waals surface area contributed by atoms with Crippen molar-refractivity contribution in [2.24, 2.45) is 17.8 Å². The predicted molar refractivity (Wildman–Crippen MR) is 175 cm³/mol. The van der Waals surface area contributed by atoms with E-state index in [2.05, 4.69) is 20.8 Å². The van der Waals surface area contributed by atoms with Gasteiger partial charge in [-0.2, -0.15) is 0 Å². The first-order chi connectivity index (χ1) is 17.0. The van der Waals surface area contributed by atoms with Crippen molar-refractivity contribution in [3.8, 4) is 0 Å². The minimum Gasteiger partial charge on any atom is -0.358 e. The fourth-order valence-electron chi connectivity index (χ4n) is 9.20. The van der Waals surface area contributed by atoms with E-state index < -0.39 is 8.15 Å². The van der Waals surface area contributed by atoms with Crippen molar-refractivity contribution < 1.29 is 24.4 Å². The second kappa shape index (κ2) is 19.6. The summed E-state index contributed by atoms with van der Waals surface area (Å²) in [5.74, 6) is 2.43. The Bertz CT molecular complexity index is 559. The molecule has 1 radical (unpaired) electrons. The maximum atomic E-state index is 10.8. The molecule has 0 heterocycles. The van der Waals surface area contributed by atoms with Crippen LogP contribution in [0.15, 0.2) is 0 Å². The first kappa shape index (κ1) is 37.5. The Balaban J connectivity index is 0.000000353. The summed E-state index contributed by atoms with van der Waals surface area (Å²) in [7, 11) is -1.12. The molecule has 0 aromatic carbocycles. The third kappa shape index (κ3) is 10.6. The van der Waals surface area contributed by atoms with Gasteiger partial charge in [-0.05, 0) is 127 Å². The van der Waals surface area contributed by atoms with Crippen LogP contribution in [0.25, 0.3) is 0 Å². The van der Waals surface area contributed by atoms with Gasteiger partial charge >= 0.3 is 19.5 Å². The van der Waals surface area contributed by atoms with E-state index in [1.807, 2.05) is 0 Å². The van der Waals surface area contributed by atoms with E-state index >= 15 is 0 Å². The molecular weight excluding hydrogens is 589 g/mol. The van der Waals surface area contributed by atoms with Crippen molar-refractivity contribution in [2.45, 2.75) is 184 Å². The molecule has 0 amide bonds. The van der Waals surface area contributed by atoms with Crippen LogP contribution in [0.5, 0.6) is 0 Å². The van der Waals surface area contributed by atoms with Crippen molar-refractivity contribution in [3.63, 3.8) is 0 Å². The Kier molecular flexibility index (Phi) is 19.3. The molecule has 38 heavy (non-hydrogen) atoms. The van der Waals surface area contributed by atoms with Crippen molar-refractivity contribution >= 4 is 16.1 Å². The molecular formula is C34H68OP2Rh+2. The second-order valence-electron chi connectivity index (χ2n) is 14.0. The Morgan fingerprint density at radius 2 is 0.921 bits per heavy atom. The molecule has 5 saturated carbocycles. The van der Waals surface area contributed by atoms with Gasteiger partial charge in [0.2, 0.25) is 0 Å². The average molecular weight is 658 g/mol. The van der Waals surface area contributed by atoms with Gasteiger partial charge in [0.1, 0.15) is 8.15 Å². The van der Waals surface area contributed by atoms with Crippen LogP contribution in [-0.2, 0) is 19.5 Å². The largest absolute Gasteiger partial charge is 2.00 e. The fraction of sp³-hybridized carbons (Fsp3) is 0.941. The van der Waals surface area contributed by atoms with Crippen LogP contribution in [0.4, 0.5) is 0 Å². The van der Waals surface area contributed by atoms with E-state index in [-0.39, 0.29) is 42.3 Å². The normalized spacial score (nSPS) is 30.6. The van der Waals surface area contributed by atoms with Gasteiger partial charge in [-0.15, -0.1) is 0 Å². The topological polar surface area (TPSA) is 20.2 Å². The summed E-state index contributed by atoms with van der Waals surface area (Å²) < 4.78 is 0. The molecule has 0 aromatic rings. The minimum absolute atomic E-state index is 0. The van der Waals surface area contributed by atoms with Crippen molar-refractivity contribution in [1.29, 1.82) is 0 Å². The summed E-state index contributed by atoms with van der Waals surface area (Å²) in [6.07, 6.45) is 31.7. The molecule has 5 fully saturated rings. The summed E-state index contributed by atoms with van der Waals surface area (Å²) in [5, 5.41) is 0. The molecule has 1 N–H and O–H groups in total. The molecule has 0 aromatic heterocycles. The van der Waals surface area contributed by atoms with E-state index in [1.54, 1.807) is 89.9 Å². The van der Waals surface area contributed by atoms with Crippen LogP contribution in [0.3, 0.4) is 0 Å². The van der Waals surface area contributed by atoms with Crippen LogP contribution < -0.4 is 0 Å². The summed E-state index contributed by atoms with van der Waals surface area (Å²) in [5.41, 5.74) is 5.11. The van der Waals surface area contributed by atoms with Crippen molar-refractivity contribution in [3.05, 3.63) is 14.9 Å². The SMILES string of the molecule is C1CCC([PH+](C2CCCCC2)C2CCCC2)CC1.CC(C)[C@@H]1CC[C@@H](C)C[C@H]1[PH+](O)C1CCCC1.[CH3-].[CH3-].[Rh+2]. The molecule has 5 rings (SSSR count). The molecule has 0 spiro atoms. The monoisotopic (exact) mass is 657 g/mol. The standard InChI is InChI=1S/C17H31P.C15H29OP.2CH3.Rh/c1-3-9-15(10-4-1)18(17-13-7-8-14-17)16-11-5-2-6-12-16;1-11(2)14-9-8-12(3)10-15(14)17(16)13-6-4-5-7-13;;;/h15-17H,1-14H2;11-16H,4-10H2,1-3H3;2*1H3;/q;;2*-1;+2/p+2/t;12-,14+,15-,17?;;;/m.1.../s1.